The Balaban J connectivity index is 2.24. The minimum atomic E-state index is -0.694. The fraction of sp³-hybridized carbons (Fsp3) is 0.167. The molecule has 4 nitrogen and oxygen atoms in total. The highest BCUT2D eigenvalue weighted by molar-refractivity contribution is 7.14. The average Bonchev–Trinajstić information content (AvgIpc) is 2.77. The van der Waals surface area contributed by atoms with Crippen molar-refractivity contribution in [2.24, 2.45) is 0 Å². The van der Waals surface area contributed by atoms with Gasteiger partial charge in [0.05, 0.1) is 11.3 Å². The smallest absolute Gasteiger partial charge is 0.252 e. The molecule has 0 atom stereocenters. The van der Waals surface area contributed by atoms with Gasteiger partial charge in [0, 0.05) is 12.5 Å². The summed E-state index contributed by atoms with van der Waals surface area (Å²) in [4.78, 5) is 15.2. The SMILES string of the molecule is COCC(=O)Nc1nc(-c2c(F)cccc2F)cs1. The summed E-state index contributed by atoms with van der Waals surface area (Å²) in [6, 6.07) is 3.59. The van der Waals surface area contributed by atoms with Crippen molar-refractivity contribution in [2.45, 2.75) is 0 Å². The van der Waals surface area contributed by atoms with E-state index in [1.165, 1.54) is 18.6 Å². The van der Waals surface area contributed by atoms with Crippen molar-refractivity contribution in [3.8, 4) is 11.3 Å². The Labute approximate surface area is 112 Å². The maximum atomic E-state index is 13.5. The van der Waals surface area contributed by atoms with Gasteiger partial charge in [0.25, 0.3) is 5.91 Å². The number of hydrogen-bond acceptors (Lipinski definition) is 4. The molecule has 0 saturated carbocycles. The zero-order valence-electron chi connectivity index (χ0n) is 9.94. The number of anilines is 1. The molecular formula is C12H10F2N2O2S. The molecule has 0 aliphatic carbocycles. The number of carbonyl (C=O) groups excluding carboxylic acids is 1. The normalized spacial score (nSPS) is 10.5. The number of benzene rings is 1. The van der Waals surface area contributed by atoms with Gasteiger partial charge in [0.2, 0.25) is 0 Å². The Hall–Kier alpha value is -1.86. The molecule has 0 bridgehead atoms. The maximum absolute atomic E-state index is 13.5. The number of nitrogens with one attached hydrogen (secondary N) is 1. The van der Waals surface area contributed by atoms with E-state index in [-0.39, 0.29) is 28.9 Å². The van der Waals surface area contributed by atoms with Gasteiger partial charge in [-0.2, -0.15) is 0 Å². The summed E-state index contributed by atoms with van der Waals surface area (Å²) in [6.45, 7) is -0.108. The van der Waals surface area contributed by atoms with Crippen LogP contribution in [0.5, 0.6) is 0 Å². The first-order valence-electron chi connectivity index (χ1n) is 5.30. The molecule has 0 aliphatic heterocycles. The van der Waals surface area contributed by atoms with E-state index in [2.05, 4.69) is 15.0 Å². The molecule has 100 valence electrons. The van der Waals surface area contributed by atoms with Gasteiger partial charge < -0.3 is 4.74 Å². The molecule has 1 aromatic carbocycles. The highest BCUT2D eigenvalue weighted by atomic mass is 32.1. The van der Waals surface area contributed by atoms with E-state index in [1.807, 2.05) is 0 Å². The quantitative estimate of drug-likeness (QED) is 0.939. The van der Waals surface area contributed by atoms with E-state index >= 15 is 0 Å². The van der Waals surface area contributed by atoms with E-state index < -0.39 is 11.6 Å². The summed E-state index contributed by atoms with van der Waals surface area (Å²) >= 11 is 1.08. The van der Waals surface area contributed by atoms with E-state index in [1.54, 1.807) is 0 Å². The molecule has 1 N–H and O–H groups in total. The predicted octanol–water partition coefficient (Wildman–Crippen LogP) is 2.67. The average molecular weight is 284 g/mol. The fourth-order valence-electron chi connectivity index (χ4n) is 1.47. The molecule has 0 spiro atoms. The third kappa shape index (κ3) is 3.12. The fourth-order valence-corrected chi connectivity index (χ4v) is 2.19. The highest BCUT2D eigenvalue weighted by Gasteiger charge is 2.15. The molecule has 0 unspecified atom stereocenters. The Morgan fingerprint density at radius 1 is 1.42 bits per heavy atom. The minimum absolute atomic E-state index is 0.108. The molecule has 0 aliphatic rings. The Bertz CT molecular complexity index is 581. The number of amides is 1. The summed E-state index contributed by atoms with van der Waals surface area (Å²) in [5, 5.41) is 4.21. The number of rotatable bonds is 4. The van der Waals surface area contributed by atoms with Gasteiger partial charge >= 0.3 is 0 Å². The molecule has 0 radical (unpaired) electrons. The lowest BCUT2D eigenvalue weighted by atomic mass is 10.1. The van der Waals surface area contributed by atoms with Crippen molar-refractivity contribution < 1.29 is 18.3 Å². The Morgan fingerprint density at radius 3 is 2.74 bits per heavy atom. The monoisotopic (exact) mass is 284 g/mol. The molecule has 2 rings (SSSR count). The van der Waals surface area contributed by atoms with Crippen LogP contribution in [-0.2, 0) is 9.53 Å². The van der Waals surface area contributed by atoms with Crippen molar-refractivity contribution >= 4 is 22.4 Å². The number of hydrogen-bond donors (Lipinski definition) is 1. The van der Waals surface area contributed by atoms with Gasteiger partial charge in [-0.1, -0.05) is 6.07 Å². The van der Waals surface area contributed by atoms with Crippen LogP contribution >= 0.6 is 11.3 Å². The van der Waals surface area contributed by atoms with Crippen LogP contribution in [-0.4, -0.2) is 24.6 Å². The summed E-state index contributed by atoms with van der Waals surface area (Å²) in [5.74, 6) is -1.77. The van der Waals surface area contributed by atoms with Crippen molar-refractivity contribution in [1.82, 2.24) is 4.98 Å². The summed E-state index contributed by atoms with van der Waals surface area (Å²) in [6.07, 6.45) is 0. The topological polar surface area (TPSA) is 51.2 Å². The second kappa shape index (κ2) is 5.85. The Morgan fingerprint density at radius 2 is 2.11 bits per heavy atom. The van der Waals surface area contributed by atoms with Crippen LogP contribution in [0, 0.1) is 11.6 Å². The lowest BCUT2D eigenvalue weighted by Gasteiger charge is -2.01. The van der Waals surface area contributed by atoms with E-state index in [4.69, 9.17) is 0 Å². The zero-order valence-corrected chi connectivity index (χ0v) is 10.8. The standard InChI is InChI=1S/C12H10F2N2O2S/c1-18-5-10(17)16-12-15-9(6-19-12)11-7(13)3-2-4-8(11)14/h2-4,6H,5H2,1H3,(H,15,16,17). The summed E-state index contributed by atoms with van der Waals surface area (Å²) in [5.41, 5.74) is -0.0562. The van der Waals surface area contributed by atoms with Crippen molar-refractivity contribution in [1.29, 1.82) is 0 Å². The second-order valence-electron chi connectivity index (χ2n) is 3.62. The van der Waals surface area contributed by atoms with Gasteiger partial charge in [-0.05, 0) is 12.1 Å². The minimum Gasteiger partial charge on any atom is -0.375 e. The van der Waals surface area contributed by atoms with Crippen molar-refractivity contribution in [3.05, 3.63) is 35.2 Å². The largest absolute Gasteiger partial charge is 0.375 e. The third-order valence-corrected chi connectivity index (χ3v) is 3.00. The molecule has 7 heteroatoms. The number of methoxy groups -OCH3 is 1. The highest BCUT2D eigenvalue weighted by Crippen LogP contribution is 2.29. The van der Waals surface area contributed by atoms with Gasteiger partial charge in [-0.3, -0.25) is 10.1 Å². The van der Waals surface area contributed by atoms with Crippen LogP contribution in [0.1, 0.15) is 0 Å². The summed E-state index contributed by atoms with van der Waals surface area (Å²) in [7, 11) is 1.39. The lowest BCUT2D eigenvalue weighted by molar-refractivity contribution is -0.119. The number of thiazole rings is 1. The van der Waals surface area contributed by atoms with Gasteiger partial charge in [0.1, 0.15) is 18.2 Å². The molecule has 0 fully saturated rings. The van der Waals surface area contributed by atoms with Crippen LogP contribution in [0.15, 0.2) is 23.6 Å². The first-order valence-corrected chi connectivity index (χ1v) is 6.18. The lowest BCUT2D eigenvalue weighted by Crippen LogP contribution is -2.16. The number of ether oxygens (including phenoxy) is 1. The van der Waals surface area contributed by atoms with Crippen LogP contribution in [0.3, 0.4) is 0 Å². The molecule has 1 heterocycles. The molecule has 0 saturated heterocycles. The van der Waals surface area contributed by atoms with Crippen molar-refractivity contribution in [3.63, 3.8) is 0 Å². The number of carbonyl (C=O) groups is 1. The van der Waals surface area contributed by atoms with Crippen LogP contribution in [0.2, 0.25) is 0 Å². The first kappa shape index (κ1) is 13.6. The zero-order chi connectivity index (χ0) is 13.8. The van der Waals surface area contributed by atoms with E-state index in [0.717, 1.165) is 23.5 Å². The van der Waals surface area contributed by atoms with E-state index in [9.17, 15) is 13.6 Å². The second-order valence-corrected chi connectivity index (χ2v) is 4.47. The Kier molecular flexibility index (Phi) is 4.18. The molecule has 1 amide bonds. The summed E-state index contributed by atoms with van der Waals surface area (Å²) < 4.78 is 31.7. The first-order chi connectivity index (χ1) is 9.11. The molecule has 1 aromatic heterocycles. The maximum Gasteiger partial charge on any atom is 0.252 e. The number of halogens is 2. The number of aromatic nitrogens is 1. The van der Waals surface area contributed by atoms with Crippen LogP contribution in [0.25, 0.3) is 11.3 Å². The number of nitrogens with zero attached hydrogens (tertiary/aromatic N) is 1. The van der Waals surface area contributed by atoms with Gasteiger partial charge in [-0.25, -0.2) is 13.8 Å². The van der Waals surface area contributed by atoms with Crippen LogP contribution < -0.4 is 5.32 Å². The molecule has 2 aromatic rings. The third-order valence-electron chi connectivity index (χ3n) is 2.24. The van der Waals surface area contributed by atoms with E-state index in [0.29, 0.717) is 0 Å². The predicted molar refractivity (Wildman–Crippen MR) is 68.0 cm³/mol. The van der Waals surface area contributed by atoms with Gasteiger partial charge in [0.15, 0.2) is 5.13 Å². The molecule has 19 heavy (non-hydrogen) atoms. The van der Waals surface area contributed by atoms with Crippen molar-refractivity contribution in [2.75, 3.05) is 19.0 Å². The van der Waals surface area contributed by atoms with Gasteiger partial charge in [-0.15, -0.1) is 11.3 Å². The molecular weight excluding hydrogens is 274 g/mol. The van der Waals surface area contributed by atoms with Crippen LogP contribution in [0.4, 0.5) is 13.9 Å².